The van der Waals surface area contributed by atoms with Crippen molar-refractivity contribution in [3.8, 4) is 11.8 Å². The molecule has 2 rings (SSSR count). The Morgan fingerprint density at radius 1 is 1.50 bits per heavy atom. The zero-order valence-electron chi connectivity index (χ0n) is 10.4. The van der Waals surface area contributed by atoms with Gasteiger partial charge in [-0.3, -0.25) is 0 Å². The molecule has 0 saturated carbocycles. The monoisotopic (exact) mass is 251 g/mol. The SMILES string of the molecule is CCNc1ncc(F)c(Oc2cc(C)nn2C)n1. The van der Waals surface area contributed by atoms with Crippen LogP contribution in [0.15, 0.2) is 12.3 Å². The Balaban J connectivity index is 2.27. The molecule has 0 unspecified atom stereocenters. The molecule has 0 bridgehead atoms. The number of ether oxygens (including phenoxy) is 1. The van der Waals surface area contributed by atoms with E-state index in [2.05, 4.69) is 20.4 Å². The average molecular weight is 251 g/mol. The van der Waals surface area contributed by atoms with E-state index in [9.17, 15) is 4.39 Å². The molecule has 2 heterocycles. The molecule has 6 nitrogen and oxygen atoms in total. The Bertz CT molecular complexity index is 554. The van der Waals surface area contributed by atoms with Gasteiger partial charge in [0.2, 0.25) is 17.6 Å². The highest BCUT2D eigenvalue weighted by Crippen LogP contribution is 2.22. The van der Waals surface area contributed by atoms with Crippen LogP contribution in [0, 0.1) is 12.7 Å². The van der Waals surface area contributed by atoms with Gasteiger partial charge in [0.05, 0.1) is 11.9 Å². The Labute approximate surface area is 104 Å². The summed E-state index contributed by atoms with van der Waals surface area (Å²) in [4.78, 5) is 7.75. The summed E-state index contributed by atoms with van der Waals surface area (Å²) in [7, 11) is 1.71. The fourth-order valence-electron chi connectivity index (χ4n) is 1.45. The normalized spacial score (nSPS) is 10.4. The Morgan fingerprint density at radius 2 is 2.28 bits per heavy atom. The van der Waals surface area contributed by atoms with E-state index >= 15 is 0 Å². The van der Waals surface area contributed by atoms with Gasteiger partial charge < -0.3 is 10.1 Å². The number of hydrogen-bond acceptors (Lipinski definition) is 5. The molecule has 0 amide bonds. The molecule has 96 valence electrons. The maximum Gasteiger partial charge on any atom is 0.262 e. The van der Waals surface area contributed by atoms with Crippen LogP contribution < -0.4 is 10.1 Å². The maximum absolute atomic E-state index is 13.5. The summed E-state index contributed by atoms with van der Waals surface area (Å²) in [5.74, 6) is 0.0137. The number of aromatic nitrogens is 4. The first-order chi connectivity index (χ1) is 8.60. The molecule has 0 aliphatic heterocycles. The van der Waals surface area contributed by atoms with Crippen molar-refractivity contribution in [1.82, 2.24) is 19.7 Å². The molecule has 0 radical (unpaired) electrons. The van der Waals surface area contributed by atoms with Crippen molar-refractivity contribution in [1.29, 1.82) is 0 Å². The third-order valence-electron chi connectivity index (χ3n) is 2.21. The third-order valence-corrected chi connectivity index (χ3v) is 2.21. The van der Waals surface area contributed by atoms with Crippen molar-refractivity contribution in [2.45, 2.75) is 13.8 Å². The smallest absolute Gasteiger partial charge is 0.262 e. The minimum atomic E-state index is -0.615. The lowest BCUT2D eigenvalue weighted by Gasteiger charge is -2.07. The minimum absolute atomic E-state index is 0.121. The summed E-state index contributed by atoms with van der Waals surface area (Å²) >= 11 is 0. The van der Waals surface area contributed by atoms with Crippen LogP contribution in [0.5, 0.6) is 11.8 Å². The molecular formula is C11H14FN5O. The predicted molar refractivity (Wildman–Crippen MR) is 64.2 cm³/mol. The summed E-state index contributed by atoms with van der Waals surface area (Å²) in [5, 5.41) is 7.00. The molecule has 1 N–H and O–H groups in total. The van der Waals surface area contributed by atoms with Gasteiger partial charge in [-0.25, -0.2) is 9.67 Å². The first-order valence-corrected chi connectivity index (χ1v) is 5.55. The summed E-state index contributed by atoms with van der Waals surface area (Å²) in [5.41, 5.74) is 0.786. The largest absolute Gasteiger partial charge is 0.418 e. The van der Waals surface area contributed by atoms with Crippen LogP contribution in [0.2, 0.25) is 0 Å². The van der Waals surface area contributed by atoms with Gasteiger partial charge in [-0.15, -0.1) is 0 Å². The second-order valence-electron chi connectivity index (χ2n) is 3.73. The Kier molecular flexibility index (Phi) is 3.40. The quantitative estimate of drug-likeness (QED) is 0.898. The van der Waals surface area contributed by atoms with Crippen molar-refractivity contribution in [3.05, 3.63) is 23.8 Å². The van der Waals surface area contributed by atoms with Gasteiger partial charge >= 0.3 is 0 Å². The number of nitrogens with one attached hydrogen (secondary N) is 1. The number of rotatable bonds is 4. The summed E-state index contributed by atoms with van der Waals surface area (Å²) < 4.78 is 20.4. The van der Waals surface area contributed by atoms with Crippen LogP contribution in [0.4, 0.5) is 10.3 Å². The zero-order valence-corrected chi connectivity index (χ0v) is 10.4. The fraction of sp³-hybridized carbons (Fsp3) is 0.364. The molecular weight excluding hydrogens is 237 g/mol. The molecule has 18 heavy (non-hydrogen) atoms. The van der Waals surface area contributed by atoms with E-state index in [-0.39, 0.29) is 5.88 Å². The van der Waals surface area contributed by atoms with E-state index in [1.807, 2.05) is 13.8 Å². The highest BCUT2D eigenvalue weighted by molar-refractivity contribution is 5.30. The lowest BCUT2D eigenvalue weighted by molar-refractivity contribution is 0.386. The van der Waals surface area contributed by atoms with Crippen molar-refractivity contribution in [3.63, 3.8) is 0 Å². The van der Waals surface area contributed by atoms with E-state index in [1.165, 1.54) is 4.68 Å². The predicted octanol–water partition coefficient (Wildman–Crippen LogP) is 1.88. The first-order valence-electron chi connectivity index (χ1n) is 5.55. The summed E-state index contributed by atoms with van der Waals surface area (Å²) in [6.07, 6.45) is 1.07. The zero-order chi connectivity index (χ0) is 13.1. The second-order valence-corrected chi connectivity index (χ2v) is 3.73. The van der Waals surface area contributed by atoms with E-state index in [0.29, 0.717) is 18.4 Å². The van der Waals surface area contributed by atoms with Crippen molar-refractivity contribution in [2.75, 3.05) is 11.9 Å². The van der Waals surface area contributed by atoms with Crippen LogP contribution in [0.25, 0.3) is 0 Å². The van der Waals surface area contributed by atoms with Gasteiger partial charge in [-0.2, -0.15) is 14.5 Å². The van der Waals surface area contributed by atoms with Crippen LogP contribution >= 0.6 is 0 Å². The number of nitrogens with zero attached hydrogens (tertiary/aromatic N) is 4. The molecule has 0 aliphatic rings. The lowest BCUT2D eigenvalue weighted by atomic mass is 10.5. The van der Waals surface area contributed by atoms with E-state index < -0.39 is 5.82 Å². The van der Waals surface area contributed by atoms with Crippen molar-refractivity contribution in [2.24, 2.45) is 7.05 Å². The van der Waals surface area contributed by atoms with Gasteiger partial charge in [0.15, 0.2) is 0 Å². The number of anilines is 1. The molecule has 0 spiro atoms. The highest BCUT2D eigenvalue weighted by Gasteiger charge is 2.12. The topological polar surface area (TPSA) is 64.9 Å². The molecule has 2 aromatic heterocycles. The second kappa shape index (κ2) is 4.99. The minimum Gasteiger partial charge on any atom is -0.418 e. The van der Waals surface area contributed by atoms with E-state index in [1.54, 1.807) is 13.1 Å². The van der Waals surface area contributed by atoms with Crippen molar-refractivity contribution >= 4 is 5.95 Å². The average Bonchev–Trinajstić information content (AvgIpc) is 2.62. The van der Waals surface area contributed by atoms with E-state index in [4.69, 9.17) is 4.74 Å². The number of aryl methyl sites for hydroxylation is 2. The third kappa shape index (κ3) is 2.55. The van der Waals surface area contributed by atoms with E-state index in [0.717, 1.165) is 11.9 Å². The Hall–Kier alpha value is -2.18. The fourth-order valence-corrected chi connectivity index (χ4v) is 1.45. The number of halogens is 1. The first kappa shape index (κ1) is 12.3. The standard InChI is InChI=1S/C11H14FN5O/c1-4-13-11-14-6-8(12)10(15-11)18-9-5-7(2)16-17(9)3/h5-6H,4H2,1-3H3,(H,13,14,15). The van der Waals surface area contributed by atoms with Crippen LogP contribution in [-0.2, 0) is 7.05 Å². The molecule has 0 saturated heterocycles. The van der Waals surface area contributed by atoms with Crippen LogP contribution in [-0.4, -0.2) is 26.3 Å². The number of hydrogen-bond donors (Lipinski definition) is 1. The highest BCUT2D eigenvalue weighted by atomic mass is 19.1. The molecule has 0 fully saturated rings. The summed E-state index contributed by atoms with van der Waals surface area (Å²) in [6, 6.07) is 1.70. The molecule has 0 aromatic carbocycles. The van der Waals surface area contributed by atoms with Crippen LogP contribution in [0.1, 0.15) is 12.6 Å². The molecule has 0 atom stereocenters. The molecule has 2 aromatic rings. The molecule has 0 aliphatic carbocycles. The van der Waals surface area contributed by atoms with Gasteiger partial charge in [0.1, 0.15) is 0 Å². The van der Waals surface area contributed by atoms with Gasteiger partial charge in [-0.1, -0.05) is 0 Å². The molecule has 7 heteroatoms. The van der Waals surface area contributed by atoms with Gasteiger partial charge in [-0.05, 0) is 13.8 Å². The van der Waals surface area contributed by atoms with Crippen LogP contribution in [0.3, 0.4) is 0 Å². The Morgan fingerprint density at radius 3 is 2.89 bits per heavy atom. The van der Waals surface area contributed by atoms with Crippen molar-refractivity contribution < 1.29 is 9.13 Å². The summed E-state index contributed by atoms with van der Waals surface area (Å²) in [6.45, 7) is 4.38. The maximum atomic E-state index is 13.5. The van der Waals surface area contributed by atoms with Gasteiger partial charge in [0.25, 0.3) is 5.88 Å². The van der Waals surface area contributed by atoms with Gasteiger partial charge in [0, 0.05) is 19.7 Å². The lowest BCUT2D eigenvalue weighted by Crippen LogP contribution is -2.05.